The third-order valence-electron chi connectivity index (χ3n) is 5.56. The molecule has 8 heteroatoms. The molecule has 0 radical (unpaired) electrons. The van der Waals surface area contributed by atoms with E-state index in [1.54, 1.807) is 0 Å². The van der Waals surface area contributed by atoms with Gasteiger partial charge in [0, 0.05) is 24.9 Å². The molecule has 0 N–H and O–H groups in total. The number of alkyl halides is 1. The Labute approximate surface area is 167 Å². The van der Waals surface area contributed by atoms with Crippen molar-refractivity contribution in [2.24, 2.45) is 0 Å². The lowest BCUT2D eigenvalue weighted by Crippen LogP contribution is -2.46. The number of benzene rings is 1. The maximum atomic E-state index is 13.6. The highest BCUT2D eigenvalue weighted by molar-refractivity contribution is 5.85. The number of likely N-dealkylation sites (tertiary alicyclic amines) is 2. The van der Waals surface area contributed by atoms with E-state index in [9.17, 15) is 13.6 Å². The van der Waals surface area contributed by atoms with E-state index in [2.05, 4.69) is 4.98 Å². The fourth-order valence-corrected chi connectivity index (χ4v) is 4.03. The molecule has 0 unspecified atom stereocenters. The van der Waals surface area contributed by atoms with Crippen LogP contribution in [0.1, 0.15) is 19.3 Å². The van der Waals surface area contributed by atoms with Gasteiger partial charge in [-0.05, 0) is 31.0 Å². The van der Waals surface area contributed by atoms with Gasteiger partial charge in [0.2, 0.25) is 5.91 Å². The first-order chi connectivity index (χ1) is 14.0. The number of fused-ring (bicyclic) bond motifs is 1. The van der Waals surface area contributed by atoms with Crippen molar-refractivity contribution in [1.82, 2.24) is 14.8 Å². The molecule has 0 bridgehead atoms. The molecule has 2 atom stereocenters. The summed E-state index contributed by atoms with van der Waals surface area (Å²) >= 11 is 0. The fourth-order valence-electron chi connectivity index (χ4n) is 4.03. The molecule has 1 aromatic heterocycles. The molecular formula is C21H22F2N4O2. The summed E-state index contributed by atoms with van der Waals surface area (Å²) < 4.78 is 33.2. The largest absolute Gasteiger partial charge is 0.490 e. The molecule has 152 valence electrons. The van der Waals surface area contributed by atoms with Gasteiger partial charge in [-0.1, -0.05) is 6.07 Å². The fraction of sp³-hybridized carbons (Fsp3) is 0.476. The van der Waals surface area contributed by atoms with Crippen molar-refractivity contribution >= 4 is 16.8 Å². The molecule has 0 saturated carbocycles. The number of carbonyl (C=O) groups is 1. The lowest BCUT2D eigenvalue weighted by Gasteiger charge is -2.33. The van der Waals surface area contributed by atoms with Crippen LogP contribution < -0.4 is 4.74 Å². The molecule has 2 saturated heterocycles. The first-order valence-corrected chi connectivity index (χ1v) is 9.80. The second-order valence-corrected chi connectivity index (χ2v) is 7.59. The van der Waals surface area contributed by atoms with Crippen LogP contribution in [0.4, 0.5) is 8.78 Å². The second kappa shape index (κ2) is 8.29. The van der Waals surface area contributed by atoms with Gasteiger partial charge in [-0.15, -0.1) is 0 Å². The van der Waals surface area contributed by atoms with Crippen LogP contribution in [0.25, 0.3) is 10.9 Å². The van der Waals surface area contributed by atoms with Gasteiger partial charge >= 0.3 is 0 Å². The van der Waals surface area contributed by atoms with E-state index in [1.807, 2.05) is 29.2 Å². The number of amides is 1. The molecule has 3 heterocycles. The normalized spacial score (nSPS) is 23.3. The Kier molecular flexibility index (Phi) is 5.58. The minimum atomic E-state index is -1.12. The number of carbonyl (C=O) groups excluding carboxylic acids is 1. The Bertz CT molecular complexity index is 940. The zero-order chi connectivity index (χ0) is 20.4. The molecule has 2 fully saturated rings. The molecule has 2 aliphatic heterocycles. The SMILES string of the molecule is N#C[C@@H]1C[C@H](F)CN1C(=O)CN1CCC(Oc2cccc3ncc(F)cc23)CC1. The third-order valence-corrected chi connectivity index (χ3v) is 5.56. The molecule has 2 aromatic rings. The van der Waals surface area contributed by atoms with Gasteiger partial charge in [-0.25, -0.2) is 8.78 Å². The predicted molar refractivity (Wildman–Crippen MR) is 102 cm³/mol. The van der Waals surface area contributed by atoms with Gasteiger partial charge in [-0.3, -0.25) is 14.7 Å². The van der Waals surface area contributed by atoms with Crippen LogP contribution in [0, 0.1) is 17.1 Å². The van der Waals surface area contributed by atoms with Crippen LogP contribution in [0.2, 0.25) is 0 Å². The van der Waals surface area contributed by atoms with E-state index in [0.717, 1.165) is 12.8 Å². The Balaban J connectivity index is 1.33. The average Bonchev–Trinajstić information content (AvgIpc) is 3.11. The summed E-state index contributed by atoms with van der Waals surface area (Å²) in [4.78, 5) is 19.9. The molecule has 4 rings (SSSR count). The average molecular weight is 400 g/mol. The summed E-state index contributed by atoms with van der Waals surface area (Å²) in [5.41, 5.74) is 0.677. The highest BCUT2D eigenvalue weighted by atomic mass is 19.1. The van der Waals surface area contributed by atoms with E-state index in [1.165, 1.54) is 17.2 Å². The Morgan fingerprint density at radius 1 is 1.34 bits per heavy atom. The summed E-state index contributed by atoms with van der Waals surface area (Å²) in [6, 6.07) is 8.21. The van der Waals surface area contributed by atoms with E-state index >= 15 is 0 Å². The number of piperidine rings is 1. The van der Waals surface area contributed by atoms with Crippen LogP contribution in [0.3, 0.4) is 0 Å². The van der Waals surface area contributed by atoms with Crippen molar-refractivity contribution in [1.29, 1.82) is 5.26 Å². The van der Waals surface area contributed by atoms with Crippen molar-refractivity contribution in [2.75, 3.05) is 26.2 Å². The Morgan fingerprint density at radius 2 is 2.14 bits per heavy atom. The summed E-state index contributed by atoms with van der Waals surface area (Å²) in [5.74, 6) is -0.00593. The first-order valence-electron chi connectivity index (χ1n) is 9.80. The van der Waals surface area contributed by atoms with Crippen molar-refractivity contribution in [3.05, 3.63) is 36.3 Å². The standard InChI is InChI=1S/C21H22F2N4O2/c22-14-9-18-19(25-11-14)2-1-3-20(18)29-17-4-6-26(7-5-17)13-21(28)27-12-15(23)8-16(27)10-24/h1-3,9,11,15-17H,4-8,12-13H2/t15-,16-/m0/s1. The van der Waals surface area contributed by atoms with Crippen LogP contribution in [0.15, 0.2) is 30.5 Å². The van der Waals surface area contributed by atoms with Crippen LogP contribution in [-0.4, -0.2) is 65.2 Å². The molecule has 1 amide bonds. The smallest absolute Gasteiger partial charge is 0.237 e. The molecular weight excluding hydrogens is 378 g/mol. The molecule has 0 spiro atoms. The topological polar surface area (TPSA) is 69.5 Å². The maximum absolute atomic E-state index is 13.6. The predicted octanol–water partition coefficient (Wildman–Crippen LogP) is 2.68. The number of hydrogen-bond donors (Lipinski definition) is 0. The third kappa shape index (κ3) is 4.30. The summed E-state index contributed by atoms with van der Waals surface area (Å²) in [6.07, 6.45) is 1.56. The Morgan fingerprint density at radius 3 is 2.90 bits per heavy atom. The minimum absolute atomic E-state index is 0.00229. The van der Waals surface area contributed by atoms with Crippen molar-refractivity contribution in [2.45, 2.75) is 37.6 Å². The Hall–Kier alpha value is -2.79. The summed E-state index contributed by atoms with van der Waals surface area (Å²) in [6.45, 7) is 1.51. The highest BCUT2D eigenvalue weighted by Crippen LogP contribution is 2.28. The summed E-state index contributed by atoms with van der Waals surface area (Å²) in [5, 5.41) is 9.75. The molecule has 0 aliphatic carbocycles. The number of rotatable bonds is 4. The highest BCUT2D eigenvalue weighted by Gasteiger charge is 2.36. The van der Waals surface area contributed by atoms with E-state index in [0.29, 0.717) is 29.7 Å². The molecule has 1 aromatic carbocycles. The number of hydrogen-bond acceptors (Lipinski definition) is 5. The van der Waals surface area contributed by atoms with Crippen LogP contribution in [0.5, 0.6) is 5.75 Å². The second-order valence-electron chi connectivity index (χ2n) is 7.59. The maximum Gasteiger partial charge on any atom is 0.237 e. The lowest BCUT2D eigenvalue weighted by atomic mass is 10.1. The van der Waals surface area contributed by atoms with E-state index < -0.39 is 18.0 Å². The summed E-state index contributed by atoms with van der Waals surface area (Å²) in [7, 11) is 0. The van der Waals surface area contributed by atoms with Gasteiger partial charge < -0.3 is 9.64 Å². The number of pyridine rings is 1. The zero-order valence-corrected chi connectivity index (χ0v) is 15.9. The molecule has 2 aliphatic rings. The van der Waals surface area contributed by atoms with Gasteiger partial charge in [-0.2, -0.15) is 5.26 Å². The quantitative estimate of drug-likeness (QED) is 0.789. The van der Waals surface area contributed by atoms with E-state index in [4.69, 9.17) is 10.00 Å². The van der Waals surface area contributed by atoms with Crippen molar-refractivity contribution in [3.63, 3.8) is 0 Å². The van der Waals surface area contributed by atoms with Gasteiger partial charge in [0.1, 0.15) is 29.9 Å². The van der Waals surface area contributed by atoms with Crippen LogP contribution >= 0.6 is 0 Å². The van der Waals surface area contributed by atoms with Crippen molar-refractivity contribution < 1.29 is 18.3 Å². The number of ether oxygens (including phenoxy) is 1. The van der Waals surface area contributed by atoms with Crippen molar-refractivity contribution in [3.8, 4) is 11.8 Å². The zero-order valence-electron chi connectivity index (χ0n) is 15.9. The van der Waals surface area contributed by atoms with Gasteiger partial charge in [0.25, 0.3) is 0 Å². The van der Waals surface area contributed by atoms with E-state index in [-0.39, 0.29) is 31.5 Å². The molecule has 6 nitrogen and oxygen atoms in total. The number of nitrogens with zero attached hydrogens (tertiary/aromatic N) is 4. The molecule has 29 heavy (non-hydrogen) atoms. The van der Waals surface area contributed by atoms with Crippen LogP contribution in [-0.2, 0) is 4.79 Å². The lowest BCUT2D eigenvalue weighted by molar-refractivity contribution is -0.133. The first kappa shape index (κ1) is 19.5. The monoisotopic (exact) mass is 400 g/mol. The number of nitriles is 1. The number of aromatic nitrogens is 1. The number of halogens is 2. The minimum Gasteiger partial charge on any atom is -0.490 e. The van der Waals surface area contributed by atoms with Gasteiger partial charge in [0.15, 0.2) is 0 Å². The van der Waals surface area contributed by atoms with Gasteiger partial charge in [0.05, 0.1) is 30.9 Å².